The van der Waals surface area contributed by atoms with Crippen LogP contribution in [-0.2, 0) is 39.0 Å². The van der Waals surface area contributed by atoms with Gasteiger partial charge in [0.1, 0.15) is 11.3 Å². The molecule has 4 rings (SSSR count). The van der Waals surface area contributed by atoms with Crippen molar-refractivity contribution in [3.05, 3.63) is 65.2 Å². The van der Waals surface area contributed by atoms with Gasteiger partial charge in [0.05, 0.1) is 11.4 Å². The van der Waals surface area contributed by atoms with Crippen molar-refractivity contribution in [1.29, 1.82) is 0 Å². The highest BCUT2D eigenvalue weighted by Crippen LogP contribution is 2.39. The van der Waals surface area contributed by atoms with Gasteiger partial charge in [0.2, 0.25) is 10.0 Å². The number of hydrogen-bond acceptors (Lipinski definition) is 6. The first-order valence-corrected chi connectivity index (χ1v) is 17.0. The van der Waals surface area contributed by atoms with E-state index in [0.717, 1.165) is 42.4 Å². The molecule has 0 radical (unpaired) electrons. The number of nitrogens with two attached hydrogens (primary N) is 2. The molecule has 1 heterocycles. The molecule has 1 amide bonds. The van der Waals surface area contributed by atoms with Crippen LogP contribution in [0.15, 0.2) is 58.4 Å². The van der Waals surface area contributed by atoms with Crippen LogP contribution in [0.25, 0.3) is 0 Å². The summed E-state index contributed by atoms with van der Waals surface area (Å²) in [6, 6.07) is 14.5. The zero-order chi connectivity index (χ0) is 30.2. The number of sulfonamides is 1. The Labute approximate surface area is 251 Å². The Balaban J connectivity index is 1.25. The third-order valence-corrected chi connectivity index (χ3v) is 9.70. The van der Waals surface area contributed by atoms with Crippen LogP contribution in [0.3, 0.4) is 0 Å². The van der Waals surface area contributed by atoms with Gasteiger partial charge in [0.25, 0.3) is 5.91 Å². The van der Waals surface area contributed by atoms with Crippen molar-refractivity contribution in [2.24, 2.45) is 21.8 Å². The van der Waals surface area contributed by atoms with Crippen molar-refractivity contribution in [2.75, 3.05) is 0 Å². The van der Waals surface area contributed by atoms with Gasteiger partial charge in [0, 0.05) is 12.8 Å². The van der Waals surface area contributed by atoms with Crippen molar-refractivity contribution in [3.63, 3.8) is 0 Å². The minimum atomic E-state index is -3.70. The van der Waals surface area contributed by atoms with E-state index < -0.39 is 15.6 Å². The van der Waals surface area contributed by atoms with Gasteiger partial charge in [-0.1, -0.05) is 88.3 Å². The molecule has 0 saturated heterocycles. The summed E-state index contributed by atoms with van der Waals surface area (Å²) in [5, 5.41) is 5.14. The van der Waals surface area contributed by atoms with E-state index in [1.54, 1.807) is 17.0 Å². The monoisotopic (exact) mass is 594 g/mol. The number of guanidine groups is 1. The third kappa shape index (κ3) is 8.51. The van der Waals surface area contributed by atoms with Crippen LogP contribution in [0.5, 0.6) is 0 Å². The summed E-state index contributed by atoms with van der Waals surface area (Å²) in [5.74, 6) is 1.13. The number of unbranched alkanes of at least 4 members (excludes halogenated alkanes) is 1. The topological polar surface area (TPSA) is 136 Å². The summed E-state index contributed by atoms with van der Waals surface area (Å²) in [7, 11) is -3.70. The predicted octanol–water partition coefficient (Wildman–Crippen LogP) is 5.41. The van der Waals surface area contributed by atoms with E-state index in [2.05, 4.69) is 6.92 Å². The quantitative estimate of drug-likeness (QED) is 0.284. The summed E-state index contributed by atoms with van der Waals surface area (Å²) < 4.78 is 22.8. The lowest BCUT2D eigenvalue weighted by atomic mass is 9.77. The first-order chi connectivity index (χ1) is 20.1. The smallest absolute Gasteiger partial charge is 0.257 e. The Morgan fingerprint density at radius 3 is 2.19 bits per heavy atom. The molecule has 2 aromatic carbocycles. The van der Waals surface area contributed by atoms with Crippen molar-refractivity contribution in [3.8, 4) is 0 Å². The van der Waals surface area contributed by atoms with Gasteiger partial charge < -0.3 is 5.73 Å². The maximum absolute atomic E-state index is 13.8. The van der Waals surface area contributed by atoms with Gasteiger partial charge >= 0.3 is 0 Å². The van der Waals surface area contributed by atoms with Gasteiger partial charge in [-0.05, 0) is 66.8 Å². The Kier molecular flexibility index (Phi) is 11.0. The first-order valence-electron chi connectivity index (χ1n) is 15.5. The van der Waals surface area contributed by atoms with E-state index in [-0.39, 0.29) is 16.6 Å². The molecule has 1 aliphatic carbocycles. The molecule has 1 fully saturated rings. The Morgan fingerprint density at radius 2 is 1.55 bits per heavy atom. The zero-order valence-electron chi connectivity index (χ0n) is 24.9. The maximum atomic E-state index is 13.8. The number of benzene rings is 2. The fourth-order valence-electron chi connectivity index (χ4n) is 6.31. The van der Waals surface area contributed by atoms with E-state index in [1.165, 1.54) is 44.2 Å². The Bertz CT molecular complexity index is 1350. The van der Waals surface area contributed by atoms with Crippen LogP contribution in [0.4, 0.5) is 0 Å². The minimum Gasteiger partial charge on any atom is -0.369 e. The van der Waals surface area contributed by atoms with E-state index in [4.69, 9.17) is 15.9 Å². The lowest BCUT2D eigenvalue weighted by Gasteiger charge is -2.32. The molecule has 2 aromatic rings. The van der Waals surface area contributed by atoms with Gasteiger partial charge in [-0.2, -0.15) is 0 Å². The molecule has 0 bridgehead atoms. The molecule has 2 aliphatic rings. The zero-order valence-corrected chi connectivity index (χ0v) is 25.7. The third-order valence-electron chi connectivity index (χ3n) is 8.77. The van der Waals surface area contributed by atoms with E-state index in [0.29, 0.717) is 50.5 Å². The number of ketones is 1. The molecule has 1 saturated carbocycles. The highest BCUT2D eigenvalue weighted by Gasteiger charge is 2.48. The normalized spacial score (nSPS) is 19.7. The molecule has 0 aromatic heterocycles. The second-order valence-corrected chi connectivity index (χ2v) is 13.7. The van der Waals surface area contributed by atoms with Crippen LogP contribution < -0.4 is 10.9 Å². The number of hydrogen-bond donors (Lipinski definition) is 2. The van der Waals surface area contributed by atoms with Crippen LogP contribution in [0, 0.1) is 5.92 Å². The Morgan fingerprint density at radius 1 is 0.929 bits per heavy atom. The number of carbonyl (C=O) groups excluding carboxylic acids is 2. The molecule has 4 N–H and O–H groups in total. The van der Waals surface area contributed by atoms with E-state index in [1.807, 2.05) is 24.3 Å². The first kappa shape index (κ1) is 31.9. The van der Waals surface area contributed by atoms with Gasteiger partial charge in [-0.25, -0.2) is 18.5 Å². The van der Waals surface area contributed by atoms with Crippen LogP contribution in [0.1, 0.15) is 101 Å². The molecule has 1 atom stereocenters. The largest absolute Gasteiger partial charge is 0.369 e. The average molecular weight is 595 g/mol. The number of aliphatic imine (C=N–C) groups is 1. The number of Topliss-reactive ketones (excluding diaryl/α,β-unsaturated/α-hetero) is 1. The SMILES string of the molecule is CCCCC1(CC2CCCCC2)N=C(N)N(Cc2ccc(CCC(=O)CCCc3ccc(S(N)(=O)=O)cc3)cc2)C1=O. The predicted molar refractivity (Wildman–Crippen MR) is 166 cm³/mol. The molecule has 9 heteroatoms. The fourth-order valence-corrected chi connectivity index (χ4v) is 6.82. The van der Waals surface area contributed by atoms with E-state index in [9.17, 15) is 18.0 Å². The van der Waals surface area contributed by atoms with Crippen LogP contribution in [0.2, 0.25) is 0 Å². The lowest BCUT2D eigenvalue weighted by molar-refractivity contribution is -0.132. The second kappa shape index (κ2) is 14.4. The van der Waals surface area contributed by atoms with Gasteiger partial charge in [-0.3, -0.25) is 14.5 Å². The highest BCUT2D eigenvalue weighted by molar-refractivity contribution is 7.89. The number of amides is 1. The van der Waals surface area contributed by atoms with E-state index >= 15 is 0 Å². The number of aryl methyl sites for hydroxylation is 2. The molecule has 0 spiro atoms. The second-order valence-electron chi connectivity index (χ2n) is 12.1. The summed E-state index contributed by atoms with van der Waals surface area (Å²) >= 11 is 0. The molecular weight excluding hydrogens is 548 g/mol. The lowest BCUT2D eigenvalue weighted by Crippen LogP contribution is -2.45. The summed E-state index contributed by atoms with van der Waals surface area (Å²) in [6.45, 7) is 2.55. The van der Waals surface area contributed by atoms with Crippen molar-refractivity contribution < 1.29 is 18.0 Å². The highest BCUT2D eigenvalue weighted by atomic mass is 32.2. The fraction of sp³-hybridized carbons (Fsp3) is 0.545. The maximum Gasteiger partial charge on any atom is 0.257 e. The summed E-state index contributed by atoms with van der Waals surface area (Å²) in [6.07, 6.45) is 12.7. The number of nitrogens with zero attached hydrogens (tertiary/aromatic N) is 2. The Hall–Kier alpha value is -3.04. The van der Waals surface area contributed by atoms with Gasteiger partial charge in [-0.15, -0.1) is 0 Å². The molecule has 42 heavy (non-hydrogen) atoms. The number of rotatable bonds is 15. The molecular formula is C33H46N4O4S. The van der Waals surface area contributed by atoms with Crippen LogP contribution in [-0.4, -0.2) is 36.5 Å². The van der Waals surface area contributed by atoms with Crippen molar-refractivity contribution in [1.82, 2.24) is 4.90 Å². The molecule has 8 nitrogen and oxygen atoms in total. The van der Waals surface area contributed by atoms with Gasteiger partial charge in [0.15, 0.2) is 5.96 Å². The summed E-state index contributed by atoms with van der Waals surface area (Å²) in [4.78, 5) is 32.8. The molecule has 1 unspecified atom stereocenters. The number of primary sulfonamides is 1. The molecule has 228 valence electrons. The standard InChI is InChI=1S/C33H46N4O4S/c1-2-3-22-33(23-27-8-5-4-6-9-27)31(39)37(32(34)36-33)24-28-14-12-26(13-15-28)16-19-29(38)11-7-10-25-17-20-30(21-18-25)42(35,40)41/h12-15,17-18,20-21,27H,2-11,16,19,22-24H2,1H3,(H2,34,36)(H2,35,40,41). The number of carbonyl (C=O) groups is 2. The van der Waals surface area contributed by atoms with Crippen molar-refractivity contribution in [2.45, 2.75) is 114 Å². The summed E-state index contributed by atoms with van der Waals surface area (Å²) in [5.41, 5.74) is 8.71. The van der Waals surface area contributed by atoms with Crippen molar-refractivity contribution >= 4 is 27.7 Å². The van der Waals surface area contributed by atoms with Crippen LogP contribution >= 0.6 is 0 Å². The molecule has 1 aliphatic heterocycles. The average Bonchev–Trinajstić information content (AvgIpc) is 3.20. The minimum absolute atomic E-state index is 0.0500.